The fraction of sp³-hybridized carbons (Fsp3) is 0.524. The second-order valence-electron chi connectivity index (χ2n) is 7.57. The van der Waals surface area contributed by atoms with Gasteiger partial charge in [-0.3, -0.25) is 9.59 Å². The molecule has 0 unspecified atom stereocenters. The van der Waals surface area contributed by atoms with Crippen molar-refractivity contribution in [2.45, 2.75) is 19.3 Å². The van der Waals surface area contributed by atoms with Crippen LogP contribution in [0.3, 0.4) is 0 Å². The quantitative estimate of drug-likeness (QED) is 0.876. The first-order valence-corrected chi connectivity index (χ1v) is 9.95. The number of hydrogen-bond acceptors (Lipinski definition) is 4. The number of nitrogens with zero attached hydrogens (tertiary/aromatic N) is 2. The SMILES string of the molecule is COc1ccc2cc(C(=O)N3CCC(CC(=O)N4CCOCC4)CC3)[nH]c2c1. The van der Waals surface area contributed by atoms with Crippen LogP contribution in [0.2, 0.25) is 0 Å². The predicted molar refractivity (Wildman–Crippen MR) is 105 cm³/mol. The number of fused-ring (bicyclic) bond motifs is 1. The lowest BCUT2D eigenvalue weighted by Crippen LogP contribution is -2.43. The minimum absolute atomic E-state index is 0.0214. The molecule has 0 spiro atoms. The number of methoxy groups -OCH3 is 1. The number of carbonyl (C=O) groups excluding carboxylic acids is 2. The lowest BCUT2D eigenvalue weighted by atomic mass is 9.92. The van der Waals surface area contributed by atoms with E-state index in [0.29, 0.717) is 57.4 Å². The van der Waals surface area contributed by atoms with Crippen molar-refractivity contribution in [3.05, 3.63) is 30.0 Å². The van der Waals surface area contributed by atoms with Crippen molar-refractivity contribution in [2.24, 2.45) is 5.92 Å². The molecule has 2 saturated heterocycles. The van der Waals surface area contributed by atoms with Gasteiger partial charge < -0.3 is 24.3 Å². The Kier molecular flexibility index (Phi) is 5.52. The fourth-order valence-corrected chi connectivity index (χ4v) is 4.05. The Bertz CT molecular complexity index is 848. The lowest BCUT2D eigenvalue weighted by Gasteiger charge is -2.33. The van der Waals surface area contributed by atoms with Crippen LogP contribution in [0, 0.1) is 5.92 Å². The van der Waals surface area contributed by atoms with Gasteiger partial charge in [0.15, 0.2) is 0 Å². The second-order valence-corrected chi connectivity index (χ2v) is 7.57. The van der Waals surface area contributed by atoms with Gasteiger partial charge in [0.05, 0.1) is 20.3 Å². The van der Waals surface area contributed by atoms with E-state index in [9.17, 15) is 9.59 Å². The normalized spacial score (nSPS) is 18.5. The molecule has 2 aromatic rings. The average Bonchev–Trinajstić information content (AvgIpc) is 3.17. The third kappa shape index (κ3) is 3.99. The van der Waals surface area contributed by atoms with Gasteiger partial charge >= 0.3 is 0 Å². The van der Waals surface area contributed by atoms with E-state index in [-0.39, 0.29) is 11.8 Å². The molecule has 1 N–H and O–H groups in total. The number of piperidine rings is 1. The molecule has 2 aliphatic heterocycles. The van der Waals surface area contributed by atoms with Gasteiger partial charge in [-0.05, 0) is 37.0 Å². The predicted octanol–water partition coefficient (Wildman–Crippen LogP) is 2.28. The number of H-pyrrole nitrogens is 1. The molecule has 28 heavy (non-hydrogen) atoms. The number of rotatable bonds is 4. The minimum Gasteiger partial charge on any atom is -0.497 e. The summed E-state index contributed by atoms with van der Waals surface area (Å²) in [5.74, 6) is 1.36. The topological polar surface area (TPSA) is 74.9 Å². The molecule has 1 aromatic carbocycles. The van der Waals surface area contributed by atoms with E-state index >= 15 is 0 Å². The zero-order chi connectivity index (χ0) is 19.5. The van der Waals surface area contributed by atoms with Crippen LogP contribution in [-0.4, -0.2) is 73.1 Å². The number of nitrogens with one attached hydrogen (secondary N) is 1. The van der Waals surface area contributed by atoms with Gasteiger partial charge in [0.25, 0.3) is 5.91 Å². The summed E-state index contributed by atoms with van der Waals surface area (Å²) in [7, 11) is 1.63. The van der Waals surface area contributed by atoms with Crippen LogP contribution in [0.25, 0.3) is 10.9 Å². The highest BCUT2D eigenvalue weighted by Gasteiger charge is 2.27. The number of carbonyl (C=O) groups is 2. The number of likely N-dealkylation sites (tertiary alicyclic amines) is 1. The number of aromatic nitrogens is 1. The summed E-state index contributed by atoms with van der Waals surface area (Å²) in [6.45, 7) is 4.05. The van der Waals surface area contributed by atoms with Gasteiger partial charge in [-0.2, -0.15) is 0 Å². The Morgan fingerprint density at radius 3 is 2.57 bits per heavy atom. The van der Waals surface area contributed by atoms with E-state index in [2.05, 4.69) is 4.98 Å². The van der Waals surface area contributed by atoms with E-state index in [0.717, 1.165) is 29.5 Å². The molecule has 0 bridgehead atoms. The number of aromatic amines is 1. The van der Waals surface area contributed by atoms with Gasteiger partial charge in [-0.25, -0.2) is 0 Å². The van der Waals surface area contributed by atoms with Gasteiger partial charge in [-0.1, -0.05) is 0 Å². The number of benzene rings is 1. The van der Waals surface area contributed by atoms with Crippen LogP contribution in [0.4, 0.5) is 0 Å². The Labute approximate surface area is 164 Å². The summed E-state index contributed by atoms with van der Waals surface area (Å²) in [6, 6.07) is 7.63. The van der Waals surface area contributed by atoms with Crippen molar-refractivity contribution in [3.8, 4) is 5.75 Å². The van der Waals surface area contributed by atoms with E-state index in [4.69, 9.17) is 9.47 Å². The van der Waals surface area contributed by atoms with E-state index in [1.54, 1.807) is 7.11 Å². The molecule has 3 heterocycles. The standard InChI is InChI=1S/C21H27N3O4/c1-27-17-3-2-16-13-19(22-18(16)14-17)21(26)24-6-4-15(5-7-24)12-20(25)23-8-10-28-11-9-23/h2-3,13-15,22H,4-12H2,1H3. The van der Waals surface area contributed by atoms with E-state index in [1.165, 1.54) is 0 Å². The maximum absolute atomic E-state index is 12.9. The van der Waals surface area contributed by atoms with Gasteiger partial charge in [0, 0.05) is 49.6 Å². The first kappa shape index (κ1) is 18.8. The smallest absolute Gasteiger partial charge is 0.270 e. The molecule has 7 nitrogen and oxygen atoms in total. The van der Waals surface area contributed by atoms with Gasteiger partial charge in [0.2, 0.25) is 5.91 Å². The summed E-state index contributed by atoms with van der Waals surface area (Å²) < 4.78 is 10.6. The van der Waals surface area contributed by atoms with Gasteiger partial charge in [-0.15, -0.1) is 0 Å². The summed E-state index contributed by atoms with van der Waals surface area (Å²) in [6.07, 6.45) is 2.32. The largest absolute Gasteiger partial charge is 0.497 e. The number of ether oxygens (including phenoxy) is 2. The van der Waals surface area contributed by atoms with Crippen LogP contribution < -0.4 is 4.74 Å². The zero-order valence-corrected chi connectivity index (χ0v) is 16.3. The van der Waals surface area contributed by atoms with Crippen molar-refractivity contribution < 1.29 is 19.1 Å². The number of amides is 2. The Balaban J connectivity index is 1.33. The summed E-state index contributed by atoms with van der Waals surface area (Å²) in [4.78, 5) is 32.3. The number of morpholine rings is 1. The molecule has 0 aliphatic carbocycles. The second kappa shape index (κ2) is 8.22. The van der Waals surface area contributed by atoms with Crippen LogP contribution in [0.5, 0.6) is 5.75 Å². The average molecular weight is 385 g/mol. The molecule has 150 valence electrons. The molecule has 2 aliphatic rings. The Morgan fingerprint density at radius 1 is 1.11 bits per heavy atom. The first-order chi connectivity index (χ1) is 13.6. The van der Waals surface area contributed by atoms with E-state index in [1.807, 2.05) is 34.1 Å². The van der Waals surface area contributed by atoms with Crippen LogP contribution in [0.1, 0.15) is 29.8 Å². The highest BCUT2D eigenvalue weighted by atomic mass is 16.5. The Morgan fingerprint density at radius 2 is 1.86 bits per heavy atom. The third-order valence-electron chi connectivity index (χ3n) is 5.79. The van der Waals surface area contributed by atoms with Crippen molar-refractivity contribution in [1.29, 1.82) is 0 Å². The molecule has 7 heteroatoms. The first-order valence-electron chi connectivity index (χ1n) is 9.95. The molecule has 0 radical (unpaired) electrons. The fourth-order valence-electron chi connectivity index (χ4n) is 4.05. The van der Waals surface area contributed by atoms with Crippen LogP contribution in [0.15, 0.2) is 24.3 Å². The van der Waals surface area contributed by atoms with Crippen molar-refractivity contribution in [1.82, 2.24) is 14.8 Å². The zero-order valence-electron chi connectivity index (χ0n) is 16.3. The van der Waals surface area contributed by atoms with Crippen molar-refractivity contribution in [3.63, 3.8) is 0 Å². The molecular weight excluding hydrogens is 358 g/mol. The summed E-state index contributed by atoms with van der Waals surface area (Å²) in [5, 5.41) is 0.996. The molecule has 0 saturated carbocycles. The molecule has 2 fully saturated rings. The lowest BCUT2D eigenvalue weighted by molar-refractivity contribution is -0.136. The molecule has 2 amide bonds. The summed E-state index contributed by atoms with van der Waals surface area (Å²) in [5.41, 5.74) is 1.50. The highest BCUT2D eigenvalue weighted by Crippen LogP contribution is 2.25. The van der Waals surface area contributed by atoms with Crippen molar-refractivity contribution in [2.75, 3.05) is 46.5 Å². The Hall–Kier alpha value is -2.54. The summed E-state index contributed by atoms with van der Waals surface area (Å²) >= 11 is 0. The highest BCUT2D eigenvalue weighted by molar-refractivity contribution is 5.98. The minimum atomic E-state index is 0.0214. The van der Waals surface area contributed by atoms with Crippen molar-refractivity contribution >= 4 is 22.7 Å². The van der Waals surface area contributed by atoms with Crippen LogP contribution in [-0.2, 0) is 9.53 Å². The van der Waals surface area contributed by atoms with Gasteiger partial charge in [0.1, 0.15) is 11.4 Å². The monoisotopic (exact) mass is 385 g/mol. The molecule has 0 atom stereocenters. The maximum Gasteiger partial charge on any atom is 0.270 e. The van der Waals surface area contributed by atoms with Crippen LogP contribution >= 0.6 is 0 Å². The molecule has 4 rings (SSSR count). The molecular formula is C21H27N3O4. The molecule has 1 aromatic heterocycles. The maximum atomic E-state index is 12.9. The van der Waals surface area contributed by atoms with E-state index < -0.39 is 0 Å². The third-order valence-corrected chi connectivity index (χ3v) is 5.79. The number of hydrogen-bond donors (Lipinski definition) is 1.